The lowest BCUT2D eigenvalue weighted by molar-refractivity contribution is -0.0356. The molecule has 0 saturated heterocycles. The molecule has 3 heterocycles. The molecule has 0 bridgehead atoms. The molecule has 35 heavy (non-hydrogen) atoms. The Bertz CT molecular complexity index is 1420. The van der Waals surface area contributed by atoms with Crippen molar-refractivity contribution in [2.45, 2.75) is 44.9 Å². The first kappa shape index (κ1) is 24.2. The van der Waals surface area contributed by atoms with Crippen LogP contribution in [0.15, 0.2) is 40.3 Å². The van der Waals surface area contributed by atoms with Crippen LogP contribution in [0.1, 0.15) is 31.7 Å². The van der Waals surface area contributed by atoms with Gasteiger partial charge in [-0.3, -0.25) is 9.48 Å². The highest BCUT2D eigenvalue weighted by Gasteiger charge is 2.37. The van der Waals surface area contributed by atoms with E-state index in [1.54, 1.807) is 11.6 Å². The predicted octanol–water partition coefficient (Wildman–Crippen LogP) is 6.31. The lowest BCUT2D eigenvalue weighted by Crippen LogP contribution is -2.33. The van der Waals surface area contributed by atoms with Gasteiger partial charge in [0.05, 0.1) is 21.3 Å². The van der Waals surface area contributed by atoms with Gasteiger partial charge in [0.25, 0.3) is 5.56 Å². The topological polar surface area (TPSA) is 57.8 Å². The molecule has 1 unspecified atom stereocenters. The Hall–Kier alpha value is -2.55. The maximum atomic E-state index is 14.9. The van der Waals surface area contributed by atoms with Crippen LogP contribution in [0.4, 0.5) is 8.78 Å². The molecule has 1 aromatic heterocycles. The molecule has 1 atom stereocenters. The number of hydrogen-bond acceptors (Lipinski definition) is 4. The van der Waals surface area contributed by atoms with Gasteiger partial charge in [-0.15, -0.1) is 0 Å². The molecule has 0 saturated carbocycles. The van der Waals surface area contributed by atoms with E-state index in [2.05, 4.69) is 5.16 Å². The molecule has 0 aliphatic carbocycles. The van der Waals surface area contributed by atoms with Gasteiger partial charge < -0.3 is 9.57 Å². The molecular formula is C24H20Cl3F2N3O3. The number of halogens is 5. The Balaban J connectivity index is 1.38. The smallest absolute Gasteiger partial charge is 0.276 e. The minimum atomic E-state index is -0.878. The first-order valence-corrected chi connectivity index (χ1v) is 12.1. The van der Waals surface area contributed by atoms with Gasteiger partial charge in [-0.1, -0.05) is 40.0 Å². The van der Waals surface area contributed by atoms with Crippen LogP contribution >= 0.6 is 34.8 Å². The third-order valence-corrected chi connectivity index (χ3v) is 7.14. The van der Waals surface area contributed by atoms with Gasteiger partial charge in [0, 0.05) is 30.6 Å². The number of oxime groups is 1. The molecule has 2 aromatic carbocycles. The Morgan fingerprint density at radius 2 is 1.80 bits per heavy atom. The van der Waals surface area contributed by atoms with Crippen molar-refractivity contribution in [2.75, 3.05) is 6.61 Å². The third kappa shape index (κ3) is 4.43. The molecule has 2 aliphatic rings. The zero-order valence-electron chi connectivity index (χ0n) is 18.6. The van der Waals surface area contributed by atoms with Crippen molar-refractivity contribution < 1.29 is 18.4 Å². The first-order chi connectivity index (χ1) is 16.7. The van der Waals surface area contributed by atoms with E-state index >= 15 is 0 Å². The second-order valence-corrected chi connectivity index (χ2v) is 10.0. The van der Waals surface area contributed by atoms with Gasteiger partial charge in [0.2, 0.25) is 0 Å². The second kappa shape index (κ2) is 9.15. The second-order valence-electron chi connectivity index (χ2n) is 8.86. The fourth-order valence-corrected chi connectivity index (χ4v) is 5.18. The van der Waals surface area contributed by atoms with Crippen LogP contribution in [0.5, 0.6) is 5.75 Å². The average Bonchev–Trinajstić information content (AvgIpc) is 3.32. The van der Waals surface area contributed by atoms with E-state index in [9.17, 15) is 13.6 Å². The van der Waals surface area contributed by atoms with Gasteiger partial charge in [0.15, 0.2) is 5.60 Å². The van der Waals surface area contributed by atoms with Crippen molar-refractivity contribution in [2.24, 2.45) is 5.16 Å². The Labute approximate surface area is 214 Å². The van der Waals surface area contributed by atoms with E-state index in [1.807, 2.05) is 0 Å². The molecule has 3 aromatic rings. The van der Waals surface area contributed by atoms with Crippen LogP contribution < -0.4 is 10.3 Å². The molecule has 0 fully saturated rings. The van der Waals surface area contributed by atoms with Crippen molar-refractivity contribution in [3.8, 4) is 16.9 Å². The number of benzene rings is 2. The zero-order valence-corrected chi connectivity index (χ0v) is 20.9. The number of hydrogen-bond donors (Lipinski definition) is 0. The molecule has 6 nitrogen and oxygen atoms in total. The van der Waals surface area contributed by atoms with Gasteiger partial charge in [-0.2, -0.15) is 0 Å². The lowest BCUT2D eigenvalue weighted by atomic mass is 9.96. The summed E-state index contributed by atoms with van der Waals surface area (Å²) < 4.78 is 37.4. The summed E-state index contributed by atoms with van der Waals surface area (Å²) in [5.74, 6) is -0.953. The fraction of sp³-hybridized carbons (Fsp3) is 0.333. The zero-order chi connectivity index (χ0) is 24.9. The summed E-state index contributed by atoms with van der Waals surface area (Å²) in [5.41, 5.74) is -0.0361. The van der Waals surface area contributed by atoms with E-state index in [0.717, 1.165) is 18.9 Å². The van der Waals surface area contributed by atoms with Gasteiger partial charge >= 0.3 is 0 Å². The molecule has 5 rings (SSSR count). The fourth-order valence-electron chi connectivity index (χ4n) is 4.34. The molecular weight excluding hydrogens is 523 g/mol. The highest BCUT2D eigenvalue weighted by atomic mass is 35.5. The molecule has 184 valence electrons. The van der Waals surface area contributed by atoms with E-state index in [0.29, 0.717) is 30.8 Å². The summed E-state index contributed by atoms with van der Waals surface area (Å²) in [5, 5.41) is 4.54. The minimum absolute atomic E-state index is 0.0151. The Morgan fingerprint density at radius 3 is 2.51 bits per heavy atom. The van der Waals surface area contributed by atoms with Crippen LogP contribution in [0, 0.1) is 11.6 Å². The van der Waals surface area contributed by atoms with E-state index < -0.39 is 17.2 Å². The quantitative estimate of drug-likeness (QED) is 0.380. The predicted molar refractivity (Wildman–Crippen MR) is 131 cm³/mol. The Kier molecular flexibility index (Phi) is 6.32. The van der Waals surface area contributed by atoms with Crippen molar-refractivity contribution >= 4 is 40.5 Å². The molecule has 11 heteroatoms. The largest absolute Gasteiger partial charge is 0.488 e. The highest BCUT2D eigenvalue weighted by Crippen LogP contribution is 2.37. The first-order valence-electron chi connectivity index (χ1n) is 11.0. The Morgan fingerprint density at radius 1 is 1.06 bits per heavy atom. The third-order valence-electron chi connectivity index (χ3n) is 6.15. The summed E-state index contributed by atoms with van der Waals surface area (Å²) in [4.78, 5) is 18.6. The van der Waals surface area contributed by atoms with E-state index in [4.69, 9.17) is 44.4 Å². The number of ether oxygens (including phenoxy) is 1. The molecule has 0 spiro atoms. The summed E-state index contributed by atoms with van der Waals surface area (Å²) in [6.07, 6.45) is 2.07. The van der Waals surface area contributed by atoms with Crippen LogP contribution in [0.25, 0.3) is 11.1 Å². The van der Waals surface area contributed by atoms with Crippen LogP contribution in [0.3, 0.4) is 0 Å². The SMILES string of the molecule is CC1(COc2cc(-c3c(Cl)n4n(c3=O)CCCC4)c(F)cc2Cl)CC(c2ccc(F)cc2Cl)=NO1. The van der Waals surface area contributed by atoms with Gasteiger partial charge in [-0.05, 0) is 50.1 Å². The van der Waals surface area contributed by atoms with Gasteiger partial charge in [-0.25, -0.2) is 13.5 Å². The molecule has 2 aliphatic heterocycles. The summed E-state index contributed by atoms with van der Waals surface area (Å²) in [7, 11) is 0. The van der Waals surface area contributed by atoms with Crippen molar-refractivity contribution in [1.82, 2.24) is 9.36 Å². The molecule has 0 radical (unpaired) electrons. The summed E-state index contributed by atoms with van der Waals surface area (Å²) >= 11 is 18.9. The molecule has 0 N–H and O–H groups in total. The van der Waals surface area contributed by atoms with Crippen LogP contribution in [0.2, 0.25) is 15.2 Å². The van der Waals surface area contributed by atoms with E-state index in [1.165, 1.54) is 28.9 Å². The minimum Gasteiger partial charge on any atom is -0.488 e. The highest BCUT2D eigenvalue weighted by molar-refractivity contribution is 6.34. The van der Waals surface area contributed by atoms with E-state index in [-0.39, 0.29) is 44.2 Å². The standard InChI is InChI=1S/C24H20Cl3F2N3O3/c1-24(11-19(30-35-24)14-5-4-13(28)8-16(14)25)12-34-20-9-15(18(29)10-17(20)26)21-22(27)31-6-2-3-7-32(31)23(21)33/h4-5,8-10H,2-3,6-7,11-12H2,1H3. The number of rotatable bonds is 5. The average molecular weight is 543 g/mol. The van der Waals surface area contributed by atoms with Crippen molar-refractivity contribution in [3.05, 3.63) is 73.1 Å². The lowest BCUT2D eigenvalue weighted by Gasteiger charge is -2.22. The number of nitrogens with zero attached hydrogens (tertiary/aromatic N) is 3. The van der Waals surface area contributed by atoms with Crippen LogP contribution in [-0.4, -0.2) is 27.3 Å². The van der Waals surface area contributed by atoms with Crippen LogP contribution in [-0.2, 0) is 17.9 Å². The van der Waals surface area contributed by atoms with Gasteiger partial charge in [0.1, 0.15) is 29.1 Å². The van der Waals surface area contributed by atoms with Crippen molar-refractivity contribution in [1.29, 1.82) is 0 Å². The summed E-state index contributed by atoms with van der Waals surface area (Å²) in [6.45, 7) is 2.91. The number of aromatic nitrogens is 2. The normalized spacial score (nSPS) is 19.3. The summed E-state index contributed by atoms with van der Waals surface area (Å²) in [6, 6.07) is 6.52. The maximum Gasteiger partial charge on any atom is 0.276 e. The maximum absolute atomic E-state index is 14.9. The van der Waals surface area contributed by atoms with Crippen molar-refractivity contribution in [3.63, 3.8) is 0 Å². The molecule has 0 amide bonds. The monoisotopic (exact) mass is 541 g/mol. The number of fused-ring (bicyclic) bond motifs is 1.